The summed E-state index contributed by atoms with van der Waals surface area (Å²) in [5, 5.41) is 5.25. The van der Waals surface area contributed by atoms with Gasteiger partial charge >= 0.3 is 0 Å². The summed E-state index contributed by atoms with van der Waals surface area (Å²) in [7, 11) is 0. The number of nitrogens with one attached hydrogen (secondary N) is 1. The minimum absolute atomic E-state index is 0.110. The van der Waals surface area contributed by atoms with Crippen LogP contribution in [0.15, 0.2) is 58.8 Å². The summed E-state index contributed by atoms with van der Waals surface area (Å²) in [6.45, 7) is 2.33. The van der Waals surface area contributed by atoms with Gasteiger partial charge < -0.3 is 9.47 Å². The highest BCUT2D eigenvalue weighted by Crippen LogP contribution is 2.28. The molecule has 1 heterocycles. The summed E-state index contributed by atoms with van der Waals surface area (Å²) in [5.74, 6) is 0.904. The number of aromatic nitrogens is 1. The molecule has 1 amide bonds. The van der Waals surface area contributed by atoms with E-state index < -0.39 is 0 Å². The van der Waals surface area contributed by atoms with Gasteiger partial charge in [-0.3, -0.25) is 10.1 Å². The zero-order valence-electron chi connectivity index (χ0n) is 15.1. The lowest BCUT2D eigenvalue weighted by atomic mass is 10.2. The molecule has 3 rings (SSSR count). The highest BCUT2D eigenvalue weighted by molar-refractivity contribution is 7.98. The molecular formula is C20H20N2O3S2. The third kappa shape index (κ3) is 5.24. The van der Waals surface area contributed by atoms with E-state index in [9.17, 15) is 4.79 Å². The average molecular weight is 401 g/mol. The zero-order valence-corrected chi connectivity index (χ0v) is 16.7. The van der Waals surface area contributed by atoms with Crippen LogP contribution >= 0.6 is 23.1 Å². The van der Waals surface area contributed by atoms with Gasteiger partial charge in [0, 0.05) is 15.8 Å². The molecule has 1 aromatic heterocycles. The zero-order chi connectivity index (χ0) is 19.1. The number of benzene rings is 2. The average Bonchev–Trinajstić information content (AvgIpc) is 3.16. The van der Waals surface area contributed by atoms with Crippen LogP contribution in [-0.4, -0.2) is 30.4 Å². The van der Waals surface area contributed by atoms with Gasteiger partial charge in [-0.05, 0) is 37.4 Å². The quantitative estimate of drug-likeness (QED) is 0.542. The van der Waals surface area contributed by atoms with Crippen molar-refractivity contribution in [2.75, 3.05) is 24.8 Å². The lowest BCUT2D eigenvalue weighted by Gasteiger charge is -2.10. The van der Waals surface area contributed by atoms with Gasteiger partial charge in [-0.15, -0.1) is 23.1 Å². The minimum atomic E-state index is -0.264. The molecule has 0 unspecified atom stereocenters. The van der Waals surface area contributed by atoms with Crippen LogP contribution < -0.4 is 14.8 Å². The third-order valence-electron chi connectivity index (χ3n) is 3.64. The summed E-state index contributed by atoms with van der Waals surface area (Å²) in [6.07, 6.45) is 2.04. The largest absolute Gasteiger partial charge is 0.490 e. The van der Waals surface area contributed by atoms with Gasteiger partial charge in [0.05, 0.1) is 12.3 Å². The predicted octanol–water partition coefficient (Wildman–Crippen LogP) is 4.95. The Hall–Kier alpha value is -2.51. The van der Waals surface area contributed by atoms with Crippen LogP contribution in [0.3, 0.4) is 0 Å². The molecule has 5 nitrogen and oxygen atoms in total. The van der Waals surface area contributed by atoms with Crippen LogP contribution in [0.1, 0.15) is 6.92 Å². The first-order valence-corrected chi connectivity index (χ1v) is 10.5. The Labute approximate surface area is 166 Å². The van der Waals surface area contributed by atoms with Gasteiger partial charge in [0.2, 0.25) is 0 Å². The molecule has 0 atom stereocenters. The van der Waals surface area contributed by atoms with Crippen molar-refractivity contribution < 1.29 is 14.3 Å². The number of carbonyl (C=O) groups is 1. The second-order valence-corrected chi connectivity index (χ2v) is 7.22. The van der Waals surface area contributed by atoms with E-state index in [2.05, 4.69) is 22.4 Å². The van der Waals surface area contributed by atoms with Crippen molar-refractivity contribution in [2.45, 2.75) is 11.8 Å². The maximum Gasteiger partial charge on any atom is 0.264 e. The first-order valence-electron chi connectivity index (χ1n) is 8.44. The Morgan fingerprint density at radius 1 is 1.11 bits per heavy atom. The number of hydrogen-bond acceptors (Lipinski definition) is 6. The molecule has 7 heteroatoms. The molecule has 0 spiro atoms. The van der Waals surface area contributed by atoms with Gasteiger partial charge in [0.1, 0.15) is 0 Å². The van der Waals surface area contributed by atoms with Crippen molar-refractivity contribution in [1.82, 2.24) is 4.98 Å². The fraction of sp³-hybridized carbons (Fsp3) is 0.200. The summed E-state index contributed by atoms with van der Waals surface area (Å²) < 4.78 is 11.1. The Kier molecular flexibility index (Phi) is 6.73. The number of nitrogens with zero attached hydrogens (tertiary/aromatic N) is 1. The van der Waals surface area contributed by atoms with E-state index in [1.165, 1.54) is 16.2 Å². The number of amides is 1. The van der Waals surface area contributed by atoms with E-state index in [1.54, 1.807) is 17.8 Å². The molecule has 1 N–H and O–H groups in total. The van der Waals surface area contributed by atoms with Crippen molar-refractivity contribution in [1.29, 1.82) is 0 Å². The molecule has 0 aliphatic heterocycles. The topological polar surface area (TPSA) is 60.5 Å². The lowest BCUT2D eigenvalue weighted by molar-refractivity contribution is -0.118. The van der Waals surface area contributed by atoms with E-state index in [4.69, 9.17) is 9.47 Å². The highest BCUT2D eigenvalue weighted by Gasteiger charge is 2.10. The first-order chi connectivity index (χ1) is 13.2. The number of para-hydroxylation sites is 2. The maximum absolute atomic E-state index is 12.2. The third-order valence-corrected chi connectivity index (χ3v) is 5.15. The van der Waals surface area contributed by atoms with Crippen LogP contribution in [0.25, 0.3) is 11.3 Å². The molecule has 0 aliphatic carbocycles. The molecule has 0 bridgehead atoms. The second-order valence-electron chi connectivity index (χ2n) is 5.48. The van der Waals surface area contributed by atoms with E-state index in [0.717, 1.165) is 11.3 Å². The maximum atomic E-state index is 12.2. The predicted molar refractivity (Wildman–Crippen MR) is 111 cm³/mol. The minimum Gasteiger partial charge on any atom is -0.490 e. The van der Waals surface area contributed by atoms with E-state index in [-0.39, 0.29) is 12.5 Å². The SMILES string of the molecule is CCOc1ccccc1OCC(=O)Nc1nc(-c2ccc(SC)cc2)cs1. The smallest absolute Gasteiger partial charge is 0.264 e. The molecular weight excluding hydrogens is 380 g/mol. The number of ether oxygens (including phenoxy) is 2. The van der Waals surface area contributed by atoms with Crippen LogP contribution in [0.5, 0.6) is 11.5 Å². The van der Waals surface area contributed by atoms with Gasteiger partial charge in [0.15, 0.2) is 23.2 Å². The first kappa shape index (κ1) is 19.3. The fourth-order valence-electron chi connectivity index (χ4n) is 2.37. The number of hydrogen-bond donors (Lipinski definition) is 1. The summed E-state index contributed by atoms with van der Waals surface area (Å²) >= 11 is 3.08. The number of thioether (sulfide) groups is 1. The Balaban J connectivity index is 1.58. The number of thiazole rings is 1. The Morgan fingerprint density at radius 2 is 1.81 bits per heavy atom. The fourth-order valence-corrected chi connectivity index (χ4v) is 3.51. The molecule has 3 aromatic rings. The van der Waals surface area contributed by atoms with Crippen LogP contribution in [0.4, 0.5) is 5.13 Å². The van der Waals surface area contributed by atoms with Crippen molar-refractivity contribution >= 4 is 34.1 Å². The molecule has 2 aromatic carbocycles. The van der Waals surface area contributed by atoms with E-state index >= 15 is 0 Å². The molecule has 0 saturated heterocycles. The van der Waals surface area contributed by atoms with Crippen LogP contribution in [-0.2, 0) is 4.79 Å². The van der Waals surface area contributed by atoms with Gasteiger partial charge in [0.25, 0.3) is 5.91 Å². The Morgan fingerprint density at radius 3 is 2.48 bits per heavy atom. The molecule has 0 fully saturated rings. The summed E-state index contributed by atoms with van der Waals surface area (Å²) in [6, 6.07) is 15.5. The Bertz CT molecular complexity index is 894. The summed E-state index contributed by atoms with van der Waals surface area (Å²) in [4.78, 5) is 17.8. The van der Waals surface area contributed by atoms with Crippen molar-refractivity contribution in [3.63, 3.8) is 0 Å². The van der Waals surface area contributed by atoms with Crippen molar-refractivity contribution in [3.8, 4) is 22.8 Å². The van der Waals surface area contributed by atoms with E-state index in [1.807, 2.05) is 48.9 Å². The van der Waals surface area contributed by atoms with Gasteiger partial charge in [-0.1, -0.05) is 24.3 Å². The normalized spacial score (nSPS) is 10.4. The second kappa shape index (κ2) is 9.43. The molecule has 140 valence electrons. The van der Waals surface area contributed by atoms with Crippen molar-refractivity contribution in [2.24, 2.45) is 0 Å². The van der Waals surface area contributed by atoms with Gasteiger partial charge in [-0.2, -0.15) is 0 Å². The lowest BCUT2D eigenvalue weighted by Crippen LogP contribution is -2.20. The molecule has 0 radical (unpaired) electrons. The number of rotatable bonds is 8. The highest BCUT2D eigenvalue weighted by atomic mass is 32.2. The monoisotopic (exact) mass is 400 g/mol. The molecule has 0 aliphatic rings. The standard InChI is InChI=1S/C20H20N2O3S2/c1-3-24-17-6-4-5-7-18(17)25-12-19(23)22-20-21-16(13-27-20)14-8-10-15(26-2)11-9-14/h4-11,13H,3,12H2,1-2H3,(H,21,22,23). The van der Waals surface area contributed by atoms with Crippen LogP contribution in [0.2, 0.25) is 0 Å². The summed E-state index contributed by atoms with van der Waals surface area (Å²) in [5.41, 5.74) is 1.86. The van der Waals surface area contributed by atoms with E-state index in [0.29, 0.717) is 23.2 Å². The number of anilines is 1. The molecule has 27 heavy (non-hydrogen) atoms. The van der Waals surface area contributed by atoms with Crippen LogP contribution in [0, 0.1) is 0 Å². The molecule has 0 saturated carbocycles. The number of carbonyl (C=O) groups excluding carboxylic acids is 1. The van der Waals surface area contributed by atoms with Gasteiger partial charge in [-0.25, -0.2) is 4.98 Å². The van der Waals surface area contributed by atoms with Crippen molar-refractivity contribution in [3.05, 3.63) is 53.9 Å².